The molecule has 4 rings (SSSR count). The van der Waals surface area contributed by atoms with Crippen molar-refractivity contribution < 1.29 is 18.8 Å². The highest BCUT2D eigenvalue weighted by Crippen LogP contribution is 2.27. The number of benzene rings is 2. The summed E-state index contributed by atoms with van der Waals surface area (Å²) in [6.45, 7) is 0. The average Bonchev–Trinajstić information content (AvgIpc) is 2.87. The molecule has 0 bridgehead atoms. The Morgan fingerprint density at radius 3 is 2.24 bits per heavy atom. The largest absolute Gasteiger partial charge is 0.323 e. The number of nitrogens with zero attached hydrogens (tertiary/aromatic N) is 1. The van der Waals surface area contributed by atoms with Gasteiger partial charge in [0, 0.05) is 35.2 Å². The second kappa shape index (κ2) is 10.7. The topological polar surface area (TPSA) is 100 Å². The van der Waals surface area contributed by atoms with Gasteiger partial charge in [0.05, 0.1) is 11.3 Å². The van der Waals surface area contributed by atoms with Gasteiger partial charge in [0.1, 0.15) is 5.82 Å². The molecule has 1 saturated carbocycles. The Bertz CT molecular complexity index is 1190. The quantitative estimate of drug-likeness (QED) is 0.468. The number of pyridine rings is 1. The van der Waals surface area contributed by atoms with Gasteiger partial charge in [-0.2, -0.15) is 0 Å². The predicted molar refractivity (Wildman–Crippen MR) is 128 cm³/mol. The number of amides is 3. The van der Waals surface area contributed by atoms with Gasteiger partial charge in [0.25, 0.3) is 11.8 Å². The Labute approximate surface area is 196 Å². The molecule has 0 spiro atoms. The molecular formula is C26H25FN4O3. The summed E-state index contributed by atoms with van der Waals surface area (Å²) < 4.78 is 14.3. The van der Waals surface area contributed by atoms with Crippen molar-refractivity contribution in [2.24, 2.45) is 5.92 Å². The van der Waals surface area contributed by atoms with E-state index in [4.69, 9.17) is 0 Å². The minimum atomic E-state index is -0.567. The molecule has 2 aromatic carbocycles. The van der Waals surface area contributed by atoms with Crippen molar-refractivity contribution in [1.82, 2.24) is 4.98 Å². The second-order valence-corrected chi connectivity index (χ2v) is 8.25. The van der Waals surface area contributed by atoms with Gasteiger partial charge in [-0.15, -0.1) is 0 Å². The third kappa shape index (κ3) is 5.83. The van der Waals surface area contributed by atoms with E-state index < -0.39 is 11.7 Å². The highest BCUT2D eigenvalue weighted by Gasteiger charge is 2.22. The van der Waals surface area contributed by atoms with E-state index in [-0.39, 0.29) is 23.4 Å². The molecular weight excluding hydrogens is 435 g/mol. The van der Waals surface area contributed by atoms with Crippen molar-refractivity contribution in [3.63, 3.8) is 0 Å². The number of halogens is 1. The first kappa shape index (κ1) is 23.1. The van der Waals surface area contributed by atoms with Crippen molar-refractivity contribution in [3.8, 4) is 0 Å². The molecule has 7 nitrogen and oxygen atoms in total. The lowest BCUT2D eigenvalue weighted by atomic mass is 9.88. The molecule has 0 saturated heterocycles. The molecule has 0 radical (unpaired) electrons. The molecule has 3 N–H and O–H groups in total. The van der Waals surface area contributed by atoms with Gasteiger partial charge < -0.3 is 16.0 Å². The fourth-order valence-corrected chi connectivity index (χ4v) is 3.94. The van der Waals surface area contributed by atoms with Crippen LogP contribution in [0.15, 0.2) is 67.0 Å². The molecule has 1 fully saturated rings. The summed E-state index contributed by atoms with van der Waals surface area (Å²) in [7, 11) is 0. The standard InChI is InChI=1S/C26H25FN4O3/c27-22-12-11-21(15-23(22)31-24(32)17-6-2-1-3-7-17)30-25(33)18-8-4-10-20(14-18)29-26(34)19-9-5-13-28-16-19/h4-5,8-17H,1-3,6-7H2,(H,29,34)(H,30,33)(H,31,32). The number of nitrogens with one attached hydrogen (secondary N) is 3. The molecule has 1 aliphatic rings. The molecule has 3 aromatic rings. The summed E-state index contributed by atoms with van der Waals surface area (Å²) in [5.74, 6) is -1.66. The zero-order valence-electron chi connectivity index (χ0n) is 18.5. The third-order valence-electron chi connectivity index (χ3n) is 5.76. The maximum atomic E-state index is 14.3. The van der Waals surface area contributed by atoms with Crippen LogP contribution in [0.2, 0.25) is 0 Å². The van der Waals surface area contributed by atoms with Crippen LogP contribution in [0.1, 0.15) is 52.8 Å². The molecule has 174 valence electrons. The molecule has 1 aromatic heterocycles. The number of hydrogen-bond acceptors (Lipinski definition) is 4. The van der Waals surface area contributed by atoms with E-state index in [1.807, 2.05) is 0 Å². The number of hydrogen-bond donors (Lipinski definition) is 3. The first-order chi connectivity index (χ1) is 16.5. The molecule has 0 aliphatic heterocycles. The van der Waals surface area contributed by atoms with Crippen LogP contribution in [0.5, 0.6) is 0 Å². The number of aromatic nitrogens is 1. The molecule has 1 heterocycles. The first-order valence-electron chi connectivity index (χ1n) is 11.2. The van der Waals surface area contributed by atoms with E-state index >= 15 is 0 Å². The zero-order chi connectivity index (χ0) is 23.9. The number of carbonyl (C=O) groups excluding carboxylic acids is 3. The van der Waals surface area contributed by atoms with E-state index in [1.54, 1.807) is 42.6 Å². The summed E-state index contributed by atoms with van der Waals surface area (Å²) in [6, 6.07) is 13.8. The molecule has 0 atom stereocenters. The van der Waals surface area contributed by atoms with Gasteiger partial charge in [0.15, 0.2) is 0 Å². The van der Waals surface area contributed by atoms with Crippen LogP contribution >= 0.6 is 0 Å². The van der Waals surface area contributed by atoms with E-state index in [9.17, 15) is 18.8 Å². The van der Waals surface area contributed by atoms with Gasteiger partial charge in [-0.05, 0) is 61.4 Å². The summed E-state index contributed by atoms with van der Waals surface area (Å²) in [4.78, 5) is 41.5. The first-order valence-corrected chi connectivity index (χ1v) is 11.2. The lowest BCUT2D eigenvalue weighted by Gasteiger charge is -2.21. The Morgan fingerprint density at radius 2 is 1.50 bits per heavy atom. The number of anilines is 3. The molecule has 1 aliphatic carbocycles. The fourth-order valence-electron chi connectivity index (χ4n) is 3.94. The van der Waals surface area contributed by atoms with E-state index in [1.165, 1.54) is 24.4 Å². The third-order valence-corrected chi connectivity index (χ3v) is 5.76. The molecule has 34 heavy (non-hydrogen) atoms. The van der Waals surface area contributed by atoms with Gasteiger partial charge in [-0.1, -0.05) is 25.3 Å². The van der Waals surface area contributed by atoms with E-state index in [0.717, 1.165) is 32.1 Å². The van der Waals surface area contributed by atoms with Gasteiger partial charge >= 0.3 is 0 Å². The van der Waals surface area contributed by atoms with Crippen molar-refractivity contribution in [2.75, 3.05) is 16.0 Å². The Morgan fingerprint density at radius 1 is 0.794 bits per heavy atom. The van der Waals surface area contributed by atoms with Crippen LogP contribution in [-0.4, -0.2) is 22.7 Å². The summed E-state index contributed by atoms with van der Waals surface area (Å²) in [5.41, 5.74) is 1.52. The molecule has 8 heteroatoms. The van der Waals surface area contributed by atoms with Crippen molar-refractivity contribution in [3.05, 3.63) is 83.9 Å². The number of rotatable bonds is 6. The van der Waals surface area contributed by atoms with Gasteiger partial charge in [0.2, 0.25) is 5.91 Å². The lowest BCUT2D eigenvalue weighted by molar-refractivity contribution is -0.120. The predicted octanol–water partition coefficient (Wildman–Crippen LogP) is 5.24. The summed E-state index contributed by atoms with van der Waals surface area (Å²) in [6.07, 6.45) is 7.75. The van der Waals surface area contributed by atoms with Gasteiger partial charge in [-0.3, -0.25) is 19.4 Å². The van der Waals surface area contributed by atoms with Crippen LogP contribution in [0, 0.1) is 11.7 Å². The van der Waals surface area contributed by atoms with Crippen molar-refractivity contribution in [2.45, 2.75) is 32.1 Å². The maximum absolute atomic E-state index is 14.3. The minimum Gasteiger partial charge on any atom is -0.323 e. The maximum Gasteiger partial charge on any atom is 0.257 e. The molecule has 3 amide bonds. The average molecular weight is 461 g/mol. The van der Waals surface area contributed by atoms with Crippen LogP contribution in [0.4, 0.5) is 21.5 Å². The van der Waals surface area contributed by atoms with Crippen LogP contribution in [-0.2, 0) is 4.79 Å². The van der Waals surface area contributed by atoms with Gasteiger partial charge in [-0.25, -0.2) is 4.39 Å². The van der Waals surface area contributed by atoms with E-state index in [0.29, 0.717) is 22.5 Å². The Balaban J connectivity index is 1.42. The highest BCUT2D eigenvalue weighted by atomic mass is 19.1. The second-order valence-electron chi connectivity index (χ2n) is 8.25. The van der Waals surface area contributed by atoms with E-state index in [2.05, 4.69) is 20.9 Å². The molecule has 0 unspecified atom stereocenters. The van der Waals surface area contributed by atoms with Crippen LogP contribution in [0.25, 0.3) is 0 Å². The zero-order valence-corrected chi connectivity index (χ0v) is 18.5. The van der Waals surface area contributed by atoms with Crippen LogP contribution in [0.3, 0.4) is 0 Å². The summed E-state index contributed by atoms with van der Waals surface area (Å²) in [5, 5.41) is 8.10. The van der Waals surface area contributed by atoms with Crippen LogP contribution < -0.4 is 16.0 Å². The normalized spacial score (nSPS) is 13.7. The Kier molecular flexibility index (Phi) is 7.27. The monoisotopic (exact) mass is 460 g/mol. The number of carbonyl (C=O) groups is 3. The smallest absolute Gasteiger partial charge is 0.257 e. The summed E-state index contributed by atoms with van der Waals surface area (Å²) >= 11 is 0. The lowest BCUT2D eigenvalue weighted by Crippen LogP contribution is -2.25. The Hall–Kier alpha value is -4.07. The SMILES string of the molecule is O=C(Nc1cccc(C(=O)Nc2ccc(F)c(NC(=O)C3CCCCC3)c2)c1)c1cccnc1. The fraction of sp³-hybridized carbons (Fsp3) is 0.231. The van der Waals surface area contributed by atoms with Crippen molar-refractivity contribution in [1.29, 1.82) is 0 Å². The van der Waals surface area contributed by atoms with Crippen molar-refractivity contribution >= 4 is 34.8 Å². The minimum absolute atomic E-state index is 0.0332. The highest BCUT2D eigenvalue weighted by molar-refractivity contribution is 6.07.